The monoisotopic (exact) mass is 494 g/mol. The highest BCUT2D eigenvalue weighted by atomic mass is 19.1. The fraction of sp³-hybridized carbons (Fsp3) is 0.233. The van der Waals surface area contributed by atoms with Crippen molar-refractivity contribution in [3.63, 3.8) is 0 Å². The number of allylic oxidation sites excluding steroid dienone is 3. The van der Waals surface area contributed by atoms with Crippen molar-refractivity contribution in [3.05, 3.63) is 101 Å². The number of halogens is 1. The Bertz CT molecular complexity index is 1460. The highest BCUT2D eigenvalue weighted by Gasteiger charge is 2.46. The van der Waals surface area contributed by atoms with Gasteiger partial charge in [-0.1, -0.05) is 49.9 Å². The molecule has 0 radical (unpaired) electrons. The number of amides is 2. The highest BCUT2D eigenvalue weighted by Crippen LogP contribution is 2.36. The van der Waals surface area contributed by atoms with Crippen molar-refractivity contribution >= 4 is 17.4 Å². The molecule has 2 unspecified atom stereocenters. The predicted molar refractivity (Wildman–Crippen MR) is 140 cm³/mol. The van der Waals surface area contributed by atoms with Gasteiger partial charge in [0.1, 0.15) is 23.6 Å². The van der Waals surface area contributed by atoms with Gasteiger partial charge in [0.25, 0.3) is 5.91 Å². The number of hydrogen-bond donors (Lipinski definition) is 1. The van der Waals surface area contributed by atoms with Crippen molar-refractivity contribution in [1.29, 1.82) is 5.26 Å². The molecule has 2 saturated heterocycles. The fourth-order valence-electron chi connectivity index (χ4n) is 5.35. The van der Waals surface area contributed by atoms with Crippen LogP contribution >= 0.6 is 0 Å². The minimum Gasteiger partial charge on any atom is -0.350 e. The van der Waals surface area contributed by atoms with E-state index < -0.39 is 6.04 Å². The van der Waals surface area contributed by atoms with Crippen LogP contribution in [0.4, 0.5) is 4.39 Å². The van der Waals surface area contributed by atoms with Gasteiger partial charge in [0.2, 0.25) is 5.91 Å². The lowest BCUT2D eigenvalue weighted by Crippen LogP contribution is -2.50. The number of rotatable bonds is 5. The maximum absolute atomic E-state index is 14.9. The number of piperazine rings is 1. The molecule has 6 nitrogen and oxygen atoms in total. The van der Waals surface area contributed by atoms with Gasteiger partial charge >= 0.3 is 0 Å². The molecule has 3 heterocycles. The molecule has 0 saturated carbocycles. The van der Waals surface area contributed by atoms with Gasteiger partial charge in [0.05, 0.1) is 0 Å². The third-order valence-electron chi connectivity index (χ3n) is 7.15. The molecule has 7 heteroatoms. The summed E-state index contributed by atoms with van der Waals surface area (Å²) in [7, 11) is 0. The summed E-state index contributed by atoms with van der Waals surface area (Å²) < 4.78 is 14.9. The summed E-state index contributed by atoms with van der Waals surface area (Å²) in [4.78, 5) is 28.5. The molecule has 0 spiro atoms. The summed E-state index contributed by atoms with van der Waals surface area (Å²) in [5.74, 6) is -0.659. The largest absolute Gasteiger partial charge is 0.350 e. The van der Waals surface area contributed by atoms with Gasteiger partial charge in [0.15, 0.2) is 0 Å². The first kappa shape index (κ1) is 24.3. The van der Waals surface area contributed by atoms with Crippen molar-refractivity contribution in [2.75, 3.05) is 6.54 Å². The van der Waals surface area contributed by atoms with Gasteiger partial charge in [-0.2, -0.15) is 5.26 Å². The number of nitriles is 1. The Morgan fingerprint density at radius 3 is 2.68 bits per heavy atom. The zero-order valence-electron chi connectivity index (χ0n) is 20.8. The second-order valence-corrected chi connectivity index (χ2v) is 9.51. The van der Waals surface area contributed by atoms with E-state index in [2.05, 4.69) is 18.0 Å². The quantitative estimate of drug-likeness (QED) is 0.605. The third kappa shape index (κ3) is 4.25. The highest BCUT2D eigenvalue weighted by molar-refractivity contribution is 6.01. The minimum atomic E-state index is -0.432. The van der Waals surface area contributed by atoms with Gasteiger partial charge in [-0.25, -0.2) is 4.39 Å². The second kappa shape index (κ2) is 9.55. The molecular formula is C30H27FN4O2. The van der Waals surface area contributed by atoms with Crippen LogP contribution in [0.3, 0.4) is 0 Å². The molecule has 1 N–H and O–H groups in total. The van der Waals surface area contributed by atoms with Crippen molar-refractivity contribution < 1.29 is 14.0 Å². The smallest absolute Gasteiger partial charge is 0.254 e. The summed E-state index contributed by atoms with van der Waals surface area (Å²) in [5.41, 5.74) is 4.72. The van der Waals surface area contributed by atoms with Crippen LogP contribution in [-0.2, 0) is 9.59 Å². The van der Waals surface area contributed by atoms with Gasteiger partial charge in [-0.3, -0.25) is 9.59 Å². The van der Waals surface area contributed by atoms with E-state index in [4.69, 9.17) is 0 Å². The molecule has 2 fully saturated rings. The molecule has 0 aliphatic carbocycles. The Morgan fingerprint density at radius 2 is 2.03 bits per heavy atom. The molecule has 2 atom stereocenters. The molecule has 2 aromatic carbocycles. The number of benzene rings is 2. The zero-order chi connectivity index (χ0) is 26.3. The summed E-state index contributed by atoms with van der Waals surface area (Å²) in [6.07, 6.45) is 6.11. The van der Waals surface area contributed by atoms with E-state index >= 15 is 0 Å². The van der Waals surface area contributed by atoms with Gasteiger partial charge < -0.3 is 15.1 Å². The van der Waals surface area contributed by atoms with Crippen LogP contribution in [-0.4, -0.2) is 40.2 Å². The van der Waals surface area contributed by atoms with Crippen molar-refractivity contribution in [2.45, 2.75) is 38.8 Å². The number of nitrogens with one attached hydrogen (secondary N) is 1. The summed E-state index contributed by atoms with van der Waals surface area (Å²) in [5, 5.41) is 13.1. The van der Waals surface area contributed by atoms with Gasteiger partial charge in [-0.15, -0.1) is 0 Å². The Balaban J connectivity index is 1.49. The topological polar surface area (TPSA) is 76.4 Å². The van der Waals surface area contributed by atoms with Crippen LogP contribution in [0.1, 0.15) is 30.9 Å². The van der Waals surface area contributed by atoms with Crippen LogP contribution in [0, 0.1) is 24.1 Å². The Hall–Kier alpha value is -4.44. The lowest BCUT2D eigenvalue weighted by atomic mass is 9.91. The number of aryl methyl sites for hydroxylation is 1. The number of fused-ring (bicyclic) bond motifs is 2. The first-order valence-electron chi connectivity index (χ1n) is 12.3. The zero-order valence-corrected chi connectivity index (χ0v) is 20.8. The maximum atomic E-state index is 14.9. The average Bonchev–Trinajstić information content (AvgIpc) is 3.47. The number of carbonyl (C=O) groups is 2. The molecule has 3 aliphatic rings. The van der Waals surface area contributed by atoms with E-state index in [1.807, 2.05) is 44.2 Å². The van der Waals surface area contributed by atoms with Gasteiger partial charge in [0, 0.05) is 35.6 Å². The number of carbonyl (C=O) groups excluding carboxylic acids is 2. The van der Waals surface area contributed by atoms with Crippen molar-refractivity contribution in [1.82, 2.24) is 15.1 Å². The molecule has 2 amide bonds. The molecule has 37 heavy (non-hydrogen) atoms. The van der Waals surface area contributed by atoms with E-state index in [0.29, 0.717) is 47.5 Å². The summed E-state index contributed by atoms with van der Waals surface area (Å²) in [6, 6.07) is 14.5. The second-order valence-electron chi connectivity index (χ2n) is 9.51. The van der Waals surface area contributed by atoms with Gasteiger partial charge in [-0.05, 0) is 60.2 Å². The molecular weight excluding hydrogens is 467 g/mol. The Morgan fingerprint density at radius 1 is 1.24 bits per heavy atom. The fourth-order valence-corrected chi connectivity index (χ4v) is 5.35. The SMILES string of the molecule is C=C1C=C(C(=O)N2CC3CC2C(=O)N3)C=CN1/C(C#N)=C(\CC)c1ccccc1-c1ccc(C)cc1F. The molecule has 3 aliphatic heterocycles. The van der Waals surface area contributed by atoms with E-state index in [1.165, 1.54) is 6.07 Å². The Kier molecular flexibility index (Phi) is 6.26. The van der Waals surface area contributed by atoms with E-state index in [-0.39, 0.29) is 23.7 Å². The lowest BCUT2D eigenvalue weighted by Gasteiger charge is -2.30. The average molecular weight is 495 g/mol. The van der Waals surface area contributed by atoms with E-state index in [9.17, 15) is 19.2 Å². The molecule has 2 bridgehead atoms. The van der Waals surface area contributed by atoms with E-state index in [1.54, 1.807) is 34.2 Å². The lowest BCUT2D eigenvalue weighted by molar-refractivity contribution is -0.136. The van der Waals surface area contributed by atoms with Crippen LogP contribution in [0.5, 0.6) is 0 Å². The molecule has 186 valence electrons. The maximum Gasteiger partial charge on any atom is 0.254 e. The van der Waals surface area contributed by atoms with Crippen molar-refractivity contribution in [2.24, 2.45) is 0 Å². The van der Waals surface area contributed by atoms with Crippen molar-refractivity contribution in [3.8, 4) is 17.2 Å². The third-order valence-corrected chi connectivity index (χ3v) is 7.15. The van der Waals surface area contributed by atoms with Crippen LogP contribution < -0.4 is 5.32 Å². The number of hydrogen-bond acceptors (Lipinski definition) is 4. The Labute approximate surface area is 215 Å². The van der Waals surface area contributed by atoms with Crippen LogP contribution in [0.15, 0.2) is 84.4 Å². The van der Waals surface area contributed by atoms with Crippen LogP contribution in [0.25, 0.3) is 16.7 Å². The molecule has 2 aromatic rings. The predicted octanol–water partition coefficient (Wildman–Crippen LogP) is 4.81. The standard InChI is InChI=1S/C30H27FN4O2/c1-4-22(23-7-5-6-8-24(23)25-10-9-18(2)13-26(25)31)28(16-32)34-12-11-20(14-19(34)3)30(37)35-17-21-15-27(35)29(36)33-21/h5-14,21,27H,3-4,15,17H2,1-2H3,(H,33,36)/b28-22+. The first-order valence-corrected chi connectivity index (χ1v) is 12.3. The summed E-state index contributed by atoms with van der Waals surface area (Å²) >= 11 is 0. The van der Waals surface area contributed by atoms with Crippen LogP contribution in [0.2, 0.25) is 0 Å². The molecule has 0 aromatic heterocycles. The number of likely N-dealkylation sites (tertiary alicyclic amines) is 1. The van der Waals surface area contributed by atoms with E-state index in [0.717, 1.165) is 16.7 Å². The summed E-state index contributed by atoms with van der Waals surface area (Å²) in [6.45, 7) is 8.39. The molecule has 5 rings (SSSR count). The first-order chi connectivity index (χ1) is 17.8. The number of nitrogens with zero attached hydrogens (tertiary/aromatic N) is 3. The normalized spacial score (nSPS) is 21.0. The minimum absolute atomic E-state index is 0.00740.